The standard InChI is InChI=1S/C72H116O6/c1-4-7-10-13-16-19-22-24-26-28-29-30-31-32-33-34-35-36-37-38-39-40-41-42-43-45-46-48-50-53-56-59-62-65-71(74)77-68-69(67-76-70(73)64-61-58-55-52-21-18-15-12-9-6-3)78-72(75)66-63-60-57-54-51-49-47-44-27-25-23-20-17-14-11-8-5-2/h7,10,12,15-16,19,24-27,29-30,32-33,35-36,38-39,41-42,45-46,50,53,69H,4-6,8-9,11,13-14,17-18,20-23,28,31,34,37,40,43-44,47-49,51-52,54-68H2,1-3H3/b10-7-,15-12-,19-16-,26-24-,27-25-,30-29-,33-32-,36-35-,39-38-,42-41-,46-45-,53-50-. The molecule has 0 bridgehead atoms. The highest BCUT2D eigenvalue weighted by molar-refractivity contribution is 5.71. The first-order valence-corrected chi connectivity index (χ1v) is 31.8. The molecule has 1 atom stereocenters. The molecule has 78 heavy (non-hydrogen) atoms. The van der Waals surface area contributed by atoms with Crippen molar-refractivity contribution >= 4 is 17.9 Å². The Balaban J connectivity index is 4.34. The van der Waals surface area contributed by atoms with E-state index in [-0.39, 0.29) is 31.1 Å². The lowest BCUT2D eigenvalue weighted by molar-refractivity contribution is -0.167. The Bertz CT molecular complexity index is 1710. The van der Waals surface area contributed by atoms with Gasteiger partial charge in [-0.25, -0.2) is 0 Å². The molecule has 0 aliphatic heterocycles. The second-order valence-electron chi connectivity index (χ2n) is 20.6. The van der Waals surface area contributed by atoms with Crippen molar-refractivity contribution in [1.82, 2.24) is 0 Å². The van der Waals surface area contributed by atoms with E-state index in [0.29, 0.717) is 25.7 Å². The van der Waals surface area contributed by atoms with Crippen LogP contribution in [0, 0.1) is 0 Å². The maximum Gasteiger partial charge on any atom is 0.306 e. The predicted molar refractivity (Wildman–Crippen MR) is 339 cm³/mol. The molecule has 0 aromatic carbocycles. The van der Waals surface area contributed by atoms with Crippen LogP contribution in [0.15, 0.2) is 146 Å². The van der Waals surface area contributed by atoms with Crippen LogP contribution in [0.3, 0.4) is 0 Å². The van der Waals surface area contributed by atoms with Crippen molar-refractivity contribution in [2.75, 3.05) is 13.2 Å². The molecule has 0 spiro atoms. The van der Waals surface area contributed by atoms with Crippen molar-refractivity contribution < 1.29 is 28.6 Å². The van der Waals surface area contributed by atoms with Gasteiger partial charge in [-0.1, -0.05) is 256 Å². The van der Waals surface area contributed by atoms with E-state index in [1.165, 1.54) is 89.9 Å². The lowest BCUT2D eigenvalue weighted by Gasteiger charge is -2.18. The van der Waals surface area contributed by atoms with Gasteiger partial charge >= 0.3 is 17.9 Å². The maximum atomic E-state index is 12.9. The number of allylic oxidation sites excluding steroid dienone is 24. The number of hydrogen-bond donors (Lipinski definition) is 0. The first-order valence-electron chi connectivity index (χ1n) is 31.8. The SMILES string of the molecule is CC/C=C\C/C=C\C/C=C\C/C=C\C/C=C\C/C=C\C/C=C\C/C=C\C/C=C\C/C=C\CCCCC(=O)OCC(COC(=O)CCCCCCC/C=C\CCC)OC(=O)CCCCCCCCC/C=C\CCCCCCCC. The van der Waals surface area contributed by atoms with Gasteiger partial charge in [-0.05, 0) is 141 Å². The first kappa shape index (κ1) is 73.3. The Kier molecular flexibility index (Phi) is 60.9. The highest BCUT2D eigenvalue weighted by Gasteiger charge is 2.19. The molecule has 0 aliphatic rings. The molecule has 6 heteroatoms. The summed E-state index contributed by atoms with van der Waals surface area (Å²) in [5.41, 5.74) is 0. The third-order valence-corrected chi connectivity index (χ3v) is 13.0. The quantitative estimate of drug-likeness (QED) is 0.0261. The summed E-state index contributed by atoms with van der Waals surface area (Å²) in [7, 11) is 0. The molecule has 0 aromatic rings. The van der Waals surface area contributed by atoms with Crippen molar-refractivity contribution in [3.8, 4) is 0 Å². The van der Waals surface area contributed by atoms with Crippen LogP contribution in [0.25, 0.3) is 0 Å². The molecular weight excluding hydrogens is 961 g/mol. The number of unbranched alkanes of at least 4 members (excludes halogenated alkanes) is 21. The van der Waals surface area contributed by atoms with Crippen molar-refractivity contribution in [3.63, 3.8) is 0 Å². The van der Waals surface area contributed by atoms with Crippen molar-refractivity contribution in [1.29, 1.82) is 0 Å². The van der Waals surface area contributed by atoms with Gasteiger partial charge in [0.25, 0.3) is 0 Å². The van der Waals surface area contributed by atoms with Gasteiger partial charge in [-0.15, -0.1) is 0 Å². The van der Waals surface area contributed by atoms with Crippen molar-refractivity contribution in [3.05, 3.63) is 146 Å². The van der Waals surface area contributed by atoms with E-state index >= 15 is 0 Å². The van der Waals surface area contributed by atoms with Crippen LogP contribution in [0.2, 0.25) is 0 Å². The zero-order valence-electron chi connectivity index (χ0n) is 50.4. The number of carbonyl (C=O) groups excluding carboxylic acids is 3. The summed E-state index contributed by atoms with van der Waals surface area (Å²) >= 11 is 0. The van der Waals surface area contributed by atoms with E-state index in [1.807, 2.05) is 0 Å². The van der Waals surface area contributed by atoms with Gasteiger partial charge in [0.1, 0.15) is 13.2 Å². The van der Waals surface area contributed by atoms with Crippen LogP contribution in [0.1, 0.15) is 271 Å². The molecule has 0 heterocycles. The van der Waals surface area contributed by atoms with E-state index < -0.39 is 6.10 Å². The smallest absolute Gasteiger partial charge is 0.306 e. The molecule has 0 saturated carbocycles. The molecule has 1 unspecified atom stereocenters. The van der Waals surface area contributed by atoms with Gasteiger partial charge in [0.05, 0.1) is 0 Å². The number of rotatable bonds is 56. The van der Waals surface area contributed by atoms with E-state index in [2.05, 4.69) is 167 Å². The lowest BCUT2D eigenvalue weighted by atomic mass is 10.1. The van der Waals surface area contributed by atoms with E-state index in [9.17, 15) is 14.4 Å². The Morgan fingerprint density at radius 1 is 0.269 bits per heavy atom. The topological polar surface area (TPSA) is 78.9 Å². The Morgan fingerprint density at radius 2 is 0.526 bits per heavy atom. The third-order valence-electron chi connectivity index (χ3n) is 13.0. The maximum absolute atomic E-state index is 12.9. The number of carbonyl (C=O) groups is 3. The Labute approximate surface area is 480 Å². The summed E-state index contributed by atoms with van der Waals surface area (Å²) in [5, 5.41) is 0. The van der Waals surface area contributed by atoms with Crippen LogP contribution in [0.5, 0.6) is 0 Å². The number of esters is 3. The molecule has 0 amide bonds. The average Bonchev–Trinajstić information content (AvgIpc) is 3.44. The number of hydrogen-bond acceptors (Lipinski definition) is 6. The summed E-state index contributed by atoms with van der Waals surface area (Å²) in [6.07, 6.45) is 92.9. The first-order chi connectivity index (χ1) is 38.5. The minimum Gasteiger partial charge on any atom is -0.462 e. The Morgan fingerprint density at radius 3 is 0.872 bits per heavy atom. The number of ether oxygens (including phenoxy) is 3. The Hall–Kier alpha value is -4.71. The summed E-state index contributed by atoms with van der Waals surface area (Å²) in [6, 6.07) is 0. The fourth-order valence-corrected chi connectivity index (χ4v) is 8.29. The lowest BCUT2D eigenvalue weighted by Crippen LogP contribution is -2.30. The summed E-state index contributed by atoms with van der Waals surface area (Å²) in [4.78, 5) is 38.2. The normalized spacial score (nSPS) is 13.1. The van der Waals surface area contributed by atoms with Gasteiger partial charge in [0.2, 0.25) is 0 Å². The van der Waals surface area contributed by atoms with Crippen LogP contribution in [-0.4, -0.2) is 37.2 Å². The van der Waals surface area contributed by atoms with Crippen molar-refractivity contribution in [2.45, 2.75) is 277 Å². The largest absolute Gasteiger partial charge is 0.462 e. The fourth-order valence-electron chi connectivity index (χ4n) is 8.29. The average molecular weight is 1080 g/mol. The predicted octanol–water partition coefficient (Wildman–Crippen LogP) is 21.9. The van der Waals surface area contributed by atoms with Gasteiger partial charge < -0.3 is 14.2 Å². The summed E-state index contributed by atoms with van der Waals surface area (Å²) in [6.45, 7) is 6.41. The molecule has 0 saturated heterocycles. The van der Waals surface area contributed by atoms with Gasteiger partial charge in [0, 0.05) is 19.3 Å². The van der Waals surface area contributed by atoms with Crippen LogP contribution < -0.4 is 0 Å². The molecule has 440 valence electrons. The highest BCUT2D eigenvalue weighted by Crippen LogP contribution is 2.14. The third kappa shape index (κ3) is 62.1. The minimum absolute atomic E-state index is 0.102. The summed E-state index contributed by atoms with van der Waals surface area (Å²) in [5.74, 6) is -0.964. The zero-order chi connectivity index (χ0) is 56.4. The van der Waals surface area contributed by atoms with Crippen molar-refractivity contribution in [2.24, 2.45) is 0 Å². The van der Waals surface area contributed by atoms with Crippen LogP contribution >= 0.6 is 0 Å². The second-order valence-corrected chi connectivity index (χ2v) is 20.6. The molecule has 0 fully saturated rings. The molecule has 0 aromatic heterocycles. The van der Waals surface area contributed by atoms with Gasteiger partial charge in [0.15, 0.2) is 6.10 Å². The molecule has 6 nitrogen and oxygen atoms in total. The second kappa shape index (κ2) is 64.8. The zero-order valence-corrected chi connectivity index (χ0v) is 50.4. The van der Waals surface area contributed by atoms with E-state index in [1.54, 1.807) is 0 Å². The molecule has 0 aliphatic carbocycles. The van der Waals surface area contributed by atoms with Gasteiger partial charge in [-0.2, -0.15) is 0 Å². The molecule has 0 rings (SSSR count). The van der Waals surface area contributed by atoms with Crippen LogP contribution in [-0.2, 0) is 28.6 Å². The molecule has 0 N–H and O–H groups in total. The minimum atomic E-state index is -0.807. The van der Waals surface area contributed by atoms with Gasteiger partial charge in [-0.3, -0.25) is 14.4 Å². The fraction of sp³-hybridized carbons (Fsp3) is 0.625. The van der Waals surface area contributed by atoms with E-state index in [0.717, 1.165) is 135 Å². The summed E-state index contributed by atoms with van der Waals surface area (Å²) < 4.78 is 16.8. The monoisotopic (exact) mass is 1080 g/mol. The molecule has 0 radical (unpaired) electrons. The highest BCUT2D eigenvalue weighted by atomic mass is 16.6. The van der Waals surface area contributed by atoms with Crippen LogP contribution in [0.4, 0.5) is 0 Å². The molecular formula is C72H116O6. The van der Waals surface area contributed by atoms with E-state index in [4.69, 9.17) is 14.2 Å².